The van der Waals surface area contributed by atoms with Crippen molar-refractivity contribution in [1.29, 1.82) is 0 Å². The van der Waals surface area contributed by atoms with Gasteiger partial charge in [-0.05, 0) is 24.0 Å². The van der Waals surface area contributed by atoms with Crippen LogP contribution in [0.25, 0.3) is 0 Å². The van der Waals surface area contributed by atoms with E-state index in [1.807, 2.05) is 6.92 Å². The maximum absolute atomic E-state index is 10.9. The van der Waals surface area contributed by atoms with Crippen molar-refractivity contribution in [2.45, 2.75) is 6.92 Å². The number of carbonyl (C=O) groups excluding carboxylic acids is 1. The second-order valence-electron chi connectivity index (χ2n) is 1.97. The Hall–Kier alpha value is -0.740. The van der Waals surface area contributed by atoms with Crippen LogP contribution in [0.1, 0.15) is 15.2 Å². The summed E-state index contributed by atoms with van der Waals surface area (Å²) in [5.41, 5.74) is 6.08. The van der Waals surface area contributed by atoms with Crippen LogP contribution in [0.2, 0.25) is 0 Å². The first-order valence-corrected chi connectivity index (χ1v) is 3.67. The molecule has 54 valence electrons. The van der Waals surface area contributed by atoms with Crippen LogP contribution in [0, 0.1) is 6.92 Å². The summed E-state index contributed by atoms with van der Waals surface area (Å²) >= 11 is 1.20. The van der Waals surface area contributed by atoms with E-state index in [1.165, 1.54) is 11.5 Å². The quantitative estimate of drug-likeness (QED) is 0.638. The topological polar surface area (TPSA) is 56.0 Å². The number of hydrogen-bond acceptors (Lipinski definition) is 4. The van der Waals surface area contributed by atoms with Gasteiger partial charge in [0.25, 0.3) is 0 Å². The fraction of sp³-hybridized carbons (Fsp3) is 0.333. The summed E-state index contributed by atoms with van der Waals surface area (Å²) in [4.78, 5) is 11.6. The Labute approximate surface area is 63.0 Å². The van der Waals surface area contributed by atoms with Crippen molar-refractivity contribution in [2.24, 2.45) is 5.73 Å². The average molecular weight is 156 g/mol. The summed E-state index contributed by atoms with van der Waals surface area (Å²) < 4.78 is 3.86. The van der Waals surface area contributed by atoms with Gasteiger partial charge in [0.2, 0.25) is 0 Å². The predicted molar refractivity (Wildman–Crippen MR) is 40.2 cm³/mol. The molecule has 0 amide bonds. The normalized spacial score (nSPS) is 9.80. The van der Waals surface area contributed by atoms with Gasteiger partial charge in [-0.3, -0.25) is 4.79 Å². The Morgan fingerprint density at radius 2 is 2.60 bits per heavy atom. The van der Waals surface area contributed by atoms with Gasteiger partial charge in [-0.15, -0.1) is 0 Å². The first kappa shape index (κ1) is 7.37. The number of aryl methyl sites for hydroxylation is 1. The molecule has 2 N–H and O–H groups in total. The van der Waals surface area contributed by atoms with E-state index < -0.39 is 0 Å². The van der Waals surface area contributed by atoms with Crippen LogP contribution in [0.15, 0.2) is 6.20 Å². The number of hydrogen-bond donors (Lipinski definition) is 1. The van der Waals surface area contributed by atoms with Crippen LogP contribution in [0.3, 0.4) is 0 Å². The molecular weight excluding hydrogens is 148 g/mol. The molecule has 0 spiro atoms. The summed E-state index contributed by atoms with van der Waals surface area (Å²) in [7, 11) is 0. The third-order valence-corrected chi connectivity index (χ3v) is 2.13. The molecule has 0 atom stereocenters. The molecule has 0 aliphatic carbocycles. The molecule has 0 unspecified atom stereocenters. The van der Waals surface area contributed by atoms with E-state index in [1.54, 1.807) is 6.20 Å². The number of aromatic nitrogens is 1. The van der Waals surface area contributed by atoms with Crippen LogP contribution in [0.5, 0.6) is 0 Å². The summed E-state index contributed by atoms with van der Waals surface area (Å²) in [6, 6.07) is 0. The van der Waals surface area contributed by atoms with Crippen LogP contribution >= 0.6 is 11.5 Å². The zero-order valence-corrected chi connectivity index (χ0v) is 6.44. The highest BCUT2D eigenvalue weighted by Crippen LogP contribution is 2.11. The van der Waals surface area contributed by atoms with Gasteiger partial charge in [0.15, 0.2) is 5.78 Å². The third kappa shape index (κ3) is 1.22. The number of Topliss-reactive ketones (excluding diaryl/α,β-unsaturated/α-hetero) is 1. The molecule has 1 aromatic rings. The first-order valence-electron chi connectivity index (χ1n) is 2.90. The van der Waals surface area contributed by atoms with Gasteiger partial charge in [-0.1, -0.05) is 0 Å². The fourth-order valence-corrected chi connectivity index (χ4v) is 1.35. The van der Waals surface area contributed by atoms with Crippen LogP contribution in [-0.4, -0.2) is 16.7 Å². The van der Waals surface area contributed by atoms with Crippen molar-refractivity contribution in [3.8, 4) is 0 Å². The summed E-state index contributed by atoms with van der Waals surface area (Å²) in [6.45, 7) is 1.93. The molecule has 0 saturated carbocycles. The van der Waals surface area contributed by atoms with Crippen LogP contribution in [-0.2, 0) is 0 Å². The van der Waals surface area contributed by atoms with Crippen molar-refractivity contribution in [3.05, 3.63) is 16.6 Å². The highest BCUT2D eigenvalue weighted by Gasteiger charge is 2.08. The Morgan fingerprint density at radius 1 is 1.90 bits per heavy atom. The van der Waals surface area contributed by atoms with Gasteiger partial charge in [-0.25, -0.2) is 4.37 Å². The lowest BCUT2D eigenvalue weighted by Crippen LogP contribution is -2.12. The maximum Gasteiger partial charge on any atom is 0.188 e. The minimum atomic E-state index is -0.0278. The van der Waals surface area contributed by atoms with Crippen molar-refractivity contribution < 1.29 is 4.79 Å². The maximum atomic E-state index is 10.9. The minimum absolute atomic E-state index is 0.0278. The Morgan fingerprint density at radius 3 is 3.00 bits per heavy atom. The van der Waals surface area contributed by atoms with E-state index in [0.29, 0.717) is 4.88 Å². The van der Waals surface area contributed by atoms with E-state index >= 15 is 0 Å². The summed E-state index contributed by atoms with van der Waals surface area (Å²) in [5, 5.41) is 0. The molecular formula is C6H8N2OS. The molecule has 0 aliphatic heterocycles. The average Bonchev–Trinajstić information content (AvgIpc) is 2.34. The van der Waals surface area contributed by atoms with Gasteiger partial charge in [0.1, 0.15) is 0 Å². The highest BCUT2D eigenvalue weighted by atomic mass is 32.1. The second kappa shape index (κ2) is 2.90. The lowest BCUT2D eigenvalue weighted by Gasteiger charge is -1.90. The molecule has 0 bridgehead atoms. The molecule has 3 nitrogen and oxygen atoms in total. The predicted octanol–water partition coefficient (Wildman–Crippen LogP) is 0.593. The molecule has 4 heteroatoms. The zero-order chi connectivity index (χ0) is 7.56. The van der Waals surface area contributed by atoms with E-state index in [-0.39, 0.29) is 12.3 Å². The smallest absolute Gasteiger partial charge is 0.188 e. The van der Waals surface area contributed by atoms with E-state index in [9.17, 15) is 4.79 Å². The molecule has 1 heterocycles. The molecule has 0 aliphatic rings. The van der Waals surface area contributed by atoms with Gasteiger partial charge >= 0.3 is 0 Å². The fourth-order valence-electron chi connectivity index (χ4n) is 0.652. The van der Waals surface area contributed by atoms with Crippen molar-refractivity contribution in [1.82, 2.24) is 4.37 Å². The minimum Gasteiger partial charge on any atom is -0.324 e. The number of nitrogens with two attached hydrogens (primary N) is 1. The van der Waals surface area contributed by atoms with E-state index in [2.05, 4.69) is 4.37 Å². The van der Waals surface area contributed by atoms with Crippen molar-refractivity contribution in [2.75, 3.05) is 6.54 Å². The lowest BCUT2D eigenvalue weighted by molar-refractivity contribution is 0.100. The standard InChI is InChI=1S/C6H8N2OS/c1-4-3-8-10-6(4)5(9)2-7/h3H,2,7H2,1H3. The molecule has 1 aromatic heterocycles. The van der Waals surface area contributed by atoms with Gasteiger partial charge in [0, 0.05) is 6.20 Å². The summed E-state index contributed by atoms with van der Waals surface area (Å²) in [6.07, 6.45) is 1.67. The second-order valence-corrected chi connectivity index (χ2v) is 2.77. The monoisotopic (exact) mass is 156 g/mol. The van der Waals surface area contributed by atoms with E-state index in [4.69, 9.17) is 5.73 Å². The van der Waals surface area contributed by atoms with Gasteiger partial charge in [0.05, 0.1) is 11.4 Å². The van der Waals surface area contributed by atoms with Crippen LogP contribution < -0.4 is 5.73 Å². The highest BCUT2D eigenvalue weighted by molar-refractivity contribution is 7.08. The molecule has 0 fully saturated rings. The Bertz CT molecular complexity index is 244. The molecule has 0 saturated heterocycles. The number of ketones is 1. The van der Waals surface area contributed by atoms with Crippen molar-refractivity contribution in [3.63, 3.8) is 0 Å². The molecule has 10 heavy (non-hydrogen) atoms. The Balaban J connectivity index is 2.93. The lowest BCUT2D eigenvalue weighted by atomic mass is 10.2. The summed E-state index contributed by atoms with van der Waals surface area (Å²) in [5.74, 6) is -0.0278. The number of rotatable bonds is 2. The molecule has 0 radical (unpaired) electrons. The first-order chi connectivity index (χ1) is 4.75. The van der Waals surface area contributed by atoms with Crippen molar-refractivity contribution >= 4 is 17.3 Å². The van der Waals surface area contributed by atoms with Gasteiger partial charge in [-0.2, -0.15) is 0 Å². The number of carbonyl (C=O) groups is 1. The zero-order valence-electron chi connectivity index (χ0n) is 5.63. The molecule has 1 rings (SSSR count). The van der Waals surface area contributed by atoms with Gasteiger partial charge < -0.3 is 5.73 Å². The largest absolute Gasteiger partial charge is 0.324 e. The van der Waals surface area contributed by atoms with Crippen LogP contribution in [0.4, 0.5) is 0 Å². The molecule has 0 aromatic carbocycles. The third-order valence-electron chi connectivity index (χ3n) is 1.19. The number of nitrogens with zero attached hydrogens (tertiary/aromatic N) is 1. The Kier molecular flexibility index (Phi) is 2.13. The SMILES string of the molecule is Cc1cnsc1C(=O)CN. The van der Waals surface area contributed by atoms with E-state index in [0.717, 1.165) is 5.56 Å².